The molecule has 0 saturated carbocycles. The third-order valence-corrected chi connectivity index (χ3v) is 3.63. The van der Waals surface area contributed by atoms with Crippen molar-refractivity contribution in [2.24, 2.45) is 0 Å². The molecule has 0 aliphatic carbocycles. The highest BCUT2D eigenvalue weighted by molar-refractivity contribution is 5.80. The van der Waals surface area contributed by atoms with E-state index in [9.17, 15) is 9.59 Å². The van der Waals surface area contributed by atoms with Gasteiger partial charge in [-0.3, -0.25) is 9.59 Å². The first-order valence-corrected chi connectivity index (χ1v) is 8.02. The smallest absolute Gasteiger partial charge is 0.311 e. The summed E-state index contributed by atoms with van der Waals surface area (Å²) in [6, 6.07) is 14.6. The van der Waals surface area contributed by atoms with Gasteiger partial charge in [-0.05, 0) is 42.2 Å². The Morgan fingerprint density at radius 2 is 1.46 bits per heavy atom. The zero-order valence-corrected chi connectivity index (χ0v) is 14.2. The van der Waals surface area contributed by atoms with Crippen molar-refractivity contribution in [1.82, 2.24) is 0 Å². The zero-order valence-electron chi connectivity index (χ0n) is 14.2. The van der Waals surface area contributed by atoms with Gasteiger partial charge in [0.1, 0.15) is 11.5 Å². The summed E-state index contributed by atoms with van der Waals surface area (Å²) in [4.78, 5) is 23.6. The Morgan fingerprint density at radius 1 is 0.875 bits per heavy atom. The Hall–Kier alpha value is -2.62. The number of para-hydroxylation sites is 1. The molecule has 0 saturated heterocycles. The number of carbonyl (C=O) groups excluding carboxylic acids is 2. The van der Waals surface area contributed by atoms with E-state index in [4.69, 9.17) is 9.47 Å². The lowest BCUT2D eigenvalue weighted by Gasteiger charge is -2.08. The van der Waals surface area contributed by atoms with Crippen LogP contribution in [0.4, 0.5) is 0 Å². The van der Waals surface area contributed by atoms with E-state index in [-0.39, 0.29) is 12.8 Å². The van der Waals surface area contributed by atoms with E-state index in [1.54, 1.807) is 24.3 Å². The summed E-state index contributed by atoms with van der Waals surface area (Å²) in [5, 5.41) is 0. The number of hydrogen-bond donors (Lipinski definition) is 0. The molecule has 2 rings (SSSR count). The van der Waals surface area contributed by atoms with Crippen LogP contribution in [0.1, 0.15) is 43.7 Å². The molecular formula is C20H22O4. The summed E-state index contributed by atoms with van der Waals surface area (Å²) in [5.74, 6) is 0.521. The second-order valence-electron chi connectivity index (χ2n) is 5.94. The molecular weight excluding hydrogens is 304 g/mol. The number of hydrogen-bond acceptors (Lipinski definition) is 4. The van der Waals surface area contributed by atoms with Crippen molar-refractivity contribution in [3.63, 3.8) is 0 Å². The topological polar surface area (TPSA) is 52.6 Å². The van der Waals surface area contributed by atoms with Crippen LogP contribution >= 0.6 is 0 Å². The molecule has 2 aromatic carbocycles. The minimum absolute atomic E-state index is 0.0166. The van der Waals surface area contributed by atoms with Crippen LogP contribution in [0.25, 0.3) is 0 Å². The van der Waals surface area contributed by atoms with Gasteiger partial charge in [-0.1, -0.05) is 44.2 Å². The van der Waals surface area contributed by atoms with E-state index in [1.807, 2.05) is 31.2 Å². The van der Waals surface area contributed by atoms with Gasteiger partial charge in [0.2, 0.25) is 0 Å². The number of benzene rings is 2. The van der Waals surface area contributed by atoms with Crippen molar-refractivity contribution >= 4 is 11.9 Å². The molecule has 2 aromatic rings. The number of esters is 2. The fraction of sp³-hybridized carbons (Fsp3) is 0.300. The highest BCUT2D eigenvalue weighted by atomic mass is 16.5. The van der Waals surface area contributed by atoms with Crippen molar-refractivity contribution in [2.75, 3.05) is 0 Å². The molecule has 0 fully saturated rings. The van der Waals surface area contributed by atoms with Crippen LogP contribution in [0.2, 0.25) is 0 Å². The standard InChI is InChI=1S/C20H22O4/c1-14(2)16-8-10-17(11-9-16)23-19(21)12-13-20(22)24-18-7-5-4-6-15(18)3/h4-11,14H,12-13H2,1-3H3. The second kappa shape index (κ2) is 8.29. The highest BCUT2D eigenvalue weighted by Crippen LogP contribution is 2.19. The summed E-state index contributed by atoms with van der Waals surface area (Å²) < 4.78 is 10.5. The SMILES string of the molecule is Cc1ccccc1OC(=O)CCC(=O)Oc1ccc(C(C)C)cc1. The molecule has 0 bridgehead atoms. The van der Waals surface area contributed by atoms with Gasteiger partial charge < -0.3 is 9.47 Å². The largest absolute Gasteiger partial charge is 0.427 e. The van der Waals surface area contributed by atoms with Crippen LogP contribution in [0.15, 0.2) is 48.5 Å². The molecule has 0 N–H and O–H groups in total. The maximum absolute atomic E-state index is 11.8. The number of ether oxygens (including phenoxy) is 2. The average Bonchev–Trinajstić information content (AvgIpc) is 2.55. The molecule has 0 unspecified atom stereocenters. The van der Waals surface area contributed by atoms with Crippen molar-refractivity contribution in [1.29, 1.82) is 0 Å². The maximum Gasteiger partial charge on any atom is 0.311 e. The van der Waals surface area contributed by atoms with Gasteiger partial charge in [0.25, 0.3) is 0 Å². The van der Waals surface area contributed by atoms with E-state index >= 15 is 0 Å². The lowest BCUT2D eigenvalue weighted by atomic mass is 10.0. The fourth-order valence-corrected chi connectivity index (χ4v) is 2.15. The lowest BCUT2D eigenvalue weighted by Crippen LogP contribution is -2.14. The van der Waals surface area contributed by atoms with Crippen LogP contribution in [0, 0.1) is 6.92 Å². The zero-order chi connectivity index (χ0) is 17.5. The predicted octanol–water partition coefficient (Wildman–Crippen LogP) is 4.41. The van der Waals surface area contributed by atoms with Gasteiger partial charge in [0.15, 0.2) is 0 Å². The molecule has 0 atom stereocenters. The van der Waals surface area contributed by atoms with Crippen LogP contribution in [-0.4, -0.2) is 11.9 Å². The van der Waals surface area contributed by atoms with Gasteiger partial charge in [-0.15, -0.1) is 0 Å². The summed E-state index contributed by atoms with van der Waals surface area (Å²) in [6.07, 6.45) is -0.0338. The minimum Gasteiger partial charge on any atom is -0.427 e. The van der Waals surface area contributed by atoms with E-state index < -0.39 is 11.9 Å². The van der Waals surface area contributed by atoms with Crippen LogP contribution in [0.3, 0.4) is 0 Å². The first kappa shape index (κ1) is 17.7. The molecule has 0 aromatic heterocycles. The van der Waals surface area contributed by atoms with Gasteiger partial charge in [0.05, 0.1) is 12.8 Å². The molecule has 4 nitrogen and oxygen atoms in total. The maximum atomic E-state index is 11.8. The summed E-state index contributed by atoms with van der Waals surface area (Å²) in [7, 11) is 0. The molecule has 24 heavy (non-hydrogen) atoms. The first-order chi connectivity index (χ1) is 11.5. The third-order valence-electron chi connectivity index (χ3n) is 3.63. The highest BCUT2D eigenvalue weighted by Gasteiger charge is 2.12. The lowest BCUT2D eigenvalue weighted by molar-refractivity contribution is -0.140. The van der Waals surface area contributed by atoms with E-state index in [0.29, 0.717) is 17.4 Å². The normalized spacial score (nSPS) is 10.5. The number of rotatable bonds is 6. The number of aryl methyl sites for hydroxylation is 1. The molecule has 0 aliphatic heterocycles. The Kier molecular flexibility index (Phi) is 6.13. The molecule has 4 heteroatoms. The summed E-state index contributed by atoms with van der Waals surface area (Å²) in [5.41, 5.74) is 2.05. The summed E-state index contributed by atoms with van der Waals surface area (Å²) in [6.45, 7) is 6.06. The van der Waals surface area contributed by atoms with Crippen molar-refractivity contribution in [3.8, 4) is 11.5 Å². The van der Waals surface area contributed by atoms with Gasteiger partial charge in [-0.25, -0.2) is 0 Å². The van der Waals surface area contributed by atoms with Crippen molar-refractivity contribution in [2.45, 2.75) is 39.5 Å². The van der Waals surface area contributed by atoms with Crippen LogP contribution in [-0.2, 0) is 9.59 Å². The van der Waals surface area contributed by atoms with E-state index in [1.165, 1.54) is 5.56 Å². The first-order valence-electron chi connectivity index (χ1n) is 8.02. The monoisotopic (exact) mass is 326 g/mol. The fourth-order valence-electron chi connectivity index (χ4n) is 2.15. The Morgan fingerprint density at radius 3 is 2.04 bits per heavy atom. The quantitative estimate of drug-likeness (QED) is 0.583. The molecule has 0 spiro atoms. The van der Waals surface area contributed by atoms with Gasteiger partial charge >= 0.3 is 11.9 Å². The average molecular weight is 326 g/mol. The van der Waals surface area contributed by atoms with E-state index in [2.05, 4.69) is 13.8 Å². The van der Waals surface area contributed by atoms with Crippen molar-refractivity contribution < 1.29 is 19.1 Å². The Labute approximate surface area is 142 Å². The molecule has 0 amide bonds. The predicted molar refractivity (Wildman–Crippen MR) is 92.2 cm³/mol. The number of carbonyl (C=O) groups is 2. The molecule has 126 valence electrons. The van der Waals surface area contributed by atoms with E-state index in [0.717, 1.165) is 5.56 Å². The van der Waals surface area contributed by atoms with Crippen LogP contribution in [0.5, 0.6) is 11.5 Å². The Balaban J connectivity index is 1.80. The second-order valence-corrected chi connectivity index (χ2v) is 5.94. The van der Waals surface area contributed by atoms with Gasteiger partial charge in [-0.2, -0.15) is 0 Å². The molecule has 0 radical (unpaired) electrons. The van der Waals surface area contributed by atoms with Crippen LogP contribution < -0.4 is 9.47 Å². The summed E-state index contributed by atoms with van der Waals surface area (Å²) >= 11 is 0. The Bertz CT molecular complexity index is 702. The third kappa shape index (κ3) is 5.23. The molecule has 0 heterocycles. The van der Waals surface area contributed by atoms with Gasteiger partial charge in [0, 0.05) is 0 Å². The van der Waals surface area contributed by atoms with Crippen molar-refractivity contribution in [3.05, 3.63) is 59.7 Å². The molecule has 0 aliphatic rings. The minimum atomic E-state index is -0.450.